The van der Waals surface area contributed by atoms with Crippen LogP contribution in [-0.4, -0.2) is 30.6 Å². The zero-order valence-electron chi connectivity index (χ0n) is 15.4. The molecule has 4 heteroatoms. The molecule has 0 bridgehead atoms. The predicted octanol–water partition coefficient (Wildman–Crippen LogP) is 4.31. The van der Waals surface area contributed by atoms with E-state index in [0.717, 1.165) is 36.7 Å². The third kappa shape index (κ3) is 4.52. The van der Waals surface area contributed by atoms with Crippen molar-refractivity contribution < 1.29 is 9.53 Å². The van der Waals surface area contributed by atoms with Gasteiger partial charge in [-0.15, -0.1) is 0 Å². The van der Waals surface area contributed by atoms with Crippen LogP contribution in [0.25, 0.3) is 10.9 Å². The SMILES string of the molecule is CCC(Cc1ccc2[nH]c(C(=O)OC)cc2c1)NCC1=CC=CC=CC1. The van der Waals surface area contributed by atoms with Gasteiger partial charge in [0.15, 0.2) is 0 Å². The molecule has 1 aliphatic rings. The average molecular weight is 350 g/mol. The summed E-state index contributed by atoms with van der Waals surface area (Å²) in [7, 11) is 1.39. The van der Waals surface area contributed by atoms with E-state index in [-0.39, 0.29) is 5.97 Å². The molecule has 1 aromatic carbocycles. The first-order valence-electron chi connectivity index (χ1n) is 9.14. The molecule has 0 fully saturated rings. The third-order valence-corrected chi connectivity index (χ3v) is 4.75. The summed E-state index contributed by atoms with van der Waals surface area (Å²) in [6, 6.07) is 8.59. The number of allylic oxidation sites excluding steroid dienone is 5. The van der Waals surface area contributed by atoms with Crippen molar-refractivity contribution in [1.29, 1.82) is 0 Å². The number of nitrogens with one attached hydrogen (secondary N) is 2. The Morgan fingerprint density at radius 3 is 2.96 bits per heavy atom. The van der Waals surface area contributed by atoms with Crippen molar-refractivity contribution in [3.8, 4) is 0 Å². The van der Waals surface area contributed by atoms with Crippen molar-refractivity contribution >= 4 is 16.9 Å². The van der Waals surface area contributed by atoms with Gasteiger partial charge in [-0.05, 0) is 43.0 Å². The van der Waals surface area contributed by atoms with E-state index in [0.29, 0.717) is 11.7 Å². The summed E-state index contributed by atoms with van der Waals surface area (Å²) in [6.07, 6.45) is 13.7. The molecule has 26 heavy (non-hydrogen) atoms. The van der Waals surface area contributed by atoms with Crippen molar-refractivity contribution in [1.82, 2.24) is 10.3 Å². The number of hydrogen-bond acceptors (Lipinski definition) is 3. The first-order valence-corrected chi connectivity index (χ1v) is 9.14. The van der Waals surface area contributed by atoms with E-state index in [2.05, 4.69) is 59.7 Å². The van der Waals surface area contributed by atoms with Crippen molar-refractivity contribution in [2.45, 2.75) is 32.2 Å². The molecule has 4 nitrogen and oxygen atoms in total. The normalized spacial score (nSPS) is 14.9. The van der Waals surface area contributed by atoms with Gasteiger partial charge in [-0.2, -0.15) is 0 Å². The van der Waals surface area contributed by atoms with E-state index < -0.39 is 0 Å². The van der Waals surface area contributed by atoms with Crippen LogP contribution in [0, 0.1) is 0 Å². The number of carbonyl (C=O) groups excluding carboxylic acids is 1. The molecule has 1 atom stereocenters. The number of methoxy groups -OCH3 is 1. The van der Waals surface area contributed by atoms with E-state index in [1.54, 1.807) is 0 Å². The van der Waals surface area contributed by atoms with Crippen LogP contribution in [0.3, 0.4) is 0 Å². The van der Waals surface area contributed by atoms with Gasteiger partial charge in [-0.1, -0.05) is 48.9 Å². The quantitative estimate of drug-likeness (QED) is 0.732. The fourth-order valence-corrected chi connectivity index (χ4v) is 3.20. The Kier molecular flexibility index (Phi) is 6.08. The van der Waals surface area contributed by atoms with Crippen LogP contribution in [0.4, 0.5) is 0 Å². The molecule has 1 heterocycles. The lowest BCUT2D eigenvalue weighted by atomic mass is 10.0. The molecule has 0 aliphatic heterocycles. The van der Waals surface area contributed by atoms with Crippen LogP contribution in [0.2, 0.25) is 0 Å². The minimum absolute atomic E-state index is 0.337. The fourth-order valence-electron chi connectivity index (χ4n) is 3.20. The maximum absolute atomic E-state index is 11.7. The summed E-state index contributed by atoms with van der Waals surface area (Å²) in [5.74, 6) is -0.337. The summed E-state index contributed by atoms with van der Waals surface area (Å²) < 4.78 is 4.78. The van der Waals surface area contributed by atoms with Crippen LogP contribution < -0.4 is 5.32 Å². The number of esters is 1. The topological polar surface area (TPSA) is 54.1 Å². The first-order chi connectivity index (χ1) is 12.7. The highest BCUT2D eigenvalue weighted by atomic mass is 16.5. The van der Waals surface area contributed by atoms with Gasteiger partial charge in [0.05, 0.1) is 7.11 Å². The van der Waals surface area contributed by atoms with Crippen LogP contribution in [-0.2, 0) is 11.2 Å². The van der Waals surface area contributed by atoms with Crippen molar-refractivity contribution in [3.63, 3.8) is 0 Å². The zero-order chi connectivity index (χ0) is 18.4. The molecular weight excluding hydrogens is 324 g/mol. The van der Waals surface area contributed by atoms with Crippen molar-refractivity contribution in [2.24, 2.45) is 0 Å². The van der Waals surface area contributed by atoms with Gasteiger partial charge in [0.25, 0.3) is 0 Å². The molecule has 2 N–H and O–H groups in total. The molecule has 0 saturated carbocycles. The van der Waals surface area contributed by atoms with Crippen LogP contribution in [0.1, 0.15) is 35.8 Å². The molecule has 1 unspecified atom stereocenters. The Hall–Kier alpha value is -2.59. The Morgan fingerprint density at radius 2 is 2.15 bits per heavy atom. The van der Waals surface area contributed by atoms with Crippen LogP contribution in [0.15, 0.2) is 60.2 Å². The molecule has 3 rings (SSSR count). The summed E-state index contributed by atoms with van der Waals surface area (Å²) in [5.41, 5.74) is 4.11. The van der Waals surface area contributed by atoms with Crippen LogP contribution >= 0.6 is 0 Å². The highest BCUT2D eigenvalue weighted by Gasteiger charge is 2.12. The van der Waals surface area contributed by atoms with Gasteiger partial charge in [-0.25, -0.2) is 4.79 Å². The molecule has 0 saturated heterocycles. The standard InChI is InChI=1S/C22H26N2O2/c1-3-19(23-15-16-8-6-4-5-7-9-16)13-17-10-11-20-18(12-17)14-21(24-20)22(25)26-2/h4-8,10-12,14,19,23-24H,3,9,13,15H2,1-2H3. The number of ether oxygens (including phenoxy) is 1. The van der Waals surface area contributed by atoms with E-state index in [1.807, 2.05) is 12.1 Å². The lowest BCUT2D eigenvalue weighted by Gasteiger charge is -2.18. The molecule has 136 valence electrons. The van der Waals surface area contributed by atoms with E-state index >= 15 is 0 Å². The molecular formula is C22H26N2O2. The van der Waals surface area contributed by atoms with Gasteiger partial charge >= 0.3 is 5.97 Å². The summed E-state index contributed by atoms with van der Waals surface area (Å²) in [4.78, 5) is 14.8. The number of benzene rings is 1. The number of aromatic amines is 1. The maximum atomic E-state index is 11.7. The second kappa shape index (κ2) is 8.68. The van der Waals surface area contributed by atoms with E-state index in [1.165, 1.54) is 18.2 Å². The van der Waals surface area contributed by atoms with Crippen molar-refractivity contribution in [2.75, 3.05) is 13.7 Å². The molecule has 0 radical (unpaired) electrons. The first kappa shape index (κ1) is 18.2. The maximum Gasteiger partial charge on any atom is 0.354 e. The smallest absolute Gasteiger partial charge is 0.354 e. The van der Waals surface area contributed by atoms with Crippen LogP contribution in [0.5, 0.6) is 0 Å². The number of aromatic nitrogens is 1. The highest BCUT2D eigenvalue weighted by Crippen LogP contribution is 2.19. The zero-order valence-corrected chi connectivity index (χ0v) is 15.4. The number of hydrogen-bond donors (Lipinski definition) is 2. The second-order valence-electron chi connectivity index (χ2n) is 6.63. The third-order valence-electron chi connectivity index (χ3n) is 4.75. The predicted molar refractivity (Wildman–Crippen MR) is 106 cm³/mol. The Labute approximate surface area is 154 Å². The minimum atomic E-state index is -0.337. The molecule has 2 aromatic rings. The van der Waals surface area contributed by atoms with E-state index in [4.69, 9.17) is 4.74 Å². The Bertz CT molecular complexity index is 858. The Balaban J connectivity index is 1.65. The molecule has 0 spiro atoms. The van der Waals surface area contributed by atoms with Gasteiger partial charge in [-0.3, -0.25) is 0 Å². The van der Waals surface area contributed by atoms with Gasteiger partial charge < -0.3 is 15.0 Å². The minimum Gasteiger partial charge on any atom is -0.464 e. The summed E-state index contributed by atoms with van der Waals surface area (Å²) in [5, 5.41) is 4.72. The molecule has 1 aromatic heterocycles. The summed E-state index contributed by atoms with van der Waals surface area (Å²) >= 11 is 0. The van der Waals surface area contributed by atoms with Gasteiger partial charge in [0.1, 0.15) is 5.69 Å². The number of carbonyl (C=O) groups is 1. The summed E-state index contributed by atoms with van der Waals surface area (Å²) in [6.45, 7) is 3.12. The molecule has 1 aliphatic carbocycles. The second-order valence-corrected chi connectivity index (χ2v) is 6.63. The number of fused-ring (bicyclic) bond motifs is 1. The van der Waals surface area contributed by atoms with Crippen molar-refractivity contribution in [3.05, 3.63) is 71.5 Å². The molecule has 0 amide bonds. The van der Waals surface area contributed by atoms with Gasteiger partial charge in [0, 0.05) is 23.5 Å². The Morgan fingerprint density at radius 1 is 1.27 bits per heavy atom. The number of H-pyrrole nitrogens is 1. The number of rotatable bonds is 7. The fraction of sp³-hybridized carbons (Fsp3) is 0.318. The average Bonchev–Trinajstić information content (AvgIpc) is 2.91. The largest absolute Gasteiger partial charge is 0.464 e. The lowest BCUT2D eigenvalue weighted by Crippen LogP contribution is -2.32. The van der Waals surface area contributed by atoms with Gasteiger partial charge in [0.2, 0.25) is 0 Å². The highest BCUT2D eigenvalue weighted by molar-refractivity contribution is 5.94. The lowest BCUT2D eigenvalue weighted by molar-refractivity contribution is 0.0595. The monoisotopic (exact) mass is 350 g/mol. The van der Waals surface area contributed by atoms with E-state index in [9.17, 15) is 4.79 Å².